The minimum atomic E-state index is 0. The van der Waals surface area contributed by atoms with Crippen LogP contribution >= 0.6 is 35.7 Å². The molecule has 0 aliphatic heterocycles. The molecule has 6 nitrogen and oxygen atoms in total. The second-order valence-electron chi connectivity index (χ2n) is 6.42. The van der Waals surface area contributed by atoms with E-state index in [0.717, 1.165) is 29.6 Å². The van der Waals surface area contributed by atoms with E-state index in [2.05, 4.69) is 46.8 Å². The maximum Gasteiger partial charge on any atom is 0.203 e. The van der Waals surface area contributed by atoms with E-state index in [1.807, 2.05) is 23.9 Å². The Morgan fingerprint density at radius 3 is 2.10 bits per heavy atom. The number of aliphatic imine (C=N–C) groups is 1. The van der Waals surface area contributed by atoms with Gasteiger partial charge in [-0.15, -0.1) is 24.0 Å². The second-order valence-corrected chi connectivity index (χ2v) is 7.53. The molecule has 0 spiro atoms. The molecule has 0 saturated carbocycles. The van der Waals surface area contributed by atoms with Gasteiger partial charge in [0, 0.05) is 31.6 Å². The molecule has 2 rings (SSSR count). The first-order valence-corrected chi connectivity index (χ1v) is 10.6. The summed E-state index contributed by atoms with van der Waals surface area (Å²) in [5.41, 5.74) is 3.66. The lowest BCUT2D eigenvalue weighted by Gasteiger charge is -2.16. The van der Waals surface area contributed by atoms with Gasteiger partial charge in [0.2, 0.25) is 5.75 Å². The molecule has 0 heterocycles. The van der Waals surface area contributed by atoms with Gasteiger partial charge in [0.25, 0.3) is 0 Å². The van der Waals surface area contributed by atoms with E-state index in [1.165, 1.54) is 11.1 Å². The molecule has 0 aliphatic carbocycles. The Morgan fingerprint density at radius 2 is 1.57 bits per heavy atom. The molecule has 2 aromatic rings. The third-order valence-corrected chi connectivity index (χ3v) is 5.37. The van der Waals surface area contributed by atoms with Crippen molar-refractivity contribution in [2.75, 3.05) is 40.7 Å². The van der Waals surface area contributed by atoms with Crippen LogP contribution in [0.2, 0.25) is 0 Å². The van der Waals surface area contributed by atoms with Gasteiger partial charge in [-0.05, 0) is 30.2 Å². The van der Waals surface area contributed by atoms with Crippen LogP contribution in [0.25, 0.3) is 0 Å². The zero-order valence-corrected chi connectivity index (χ0v) is 21.4. The van der Waals surface area contributed by atoms with Crippen molar-refractivity contribution >= 4 is 41.7 Å². The Kier molecular flexibility index (Phi) is 12.4. The van der Waals surface area contributed by atoms with Crippen molar-refractivity contribution < 1.29 is 14.2 Å². The van der Waals surface area contributed by atoms with E-state index < -0.39 is 0 Å². The standard InChI is InChI=1S/C22H31N3O3S.HI/c1-16-6-8-17(9-7-16)15-29-11-10-24-22(23-2)25-14-18-12-19(26-3)21(28-5)20(13-18)27-4;/h6-9,12-13H,10-11,14-15H2,1-5H3,(H2,23,24,25);1H. The van der Waals surface area contributed by atoms with Crippen molar-refractivity contribution in [1.82, 2.24) is 10.6 Å². The van der Waals surface area contributed by atoms with Crippen LogP contribution in [-0.4, -0.2) is 46.6 Å². The molecule has 0 amide bonds. The Hall–Kier alpha value is -1.81. The van der Waals surface area contributed by atoms with Crippen molar-refractivity contribution in [1.29, 1.82) is 0 Å². The summed E-state index contributed by atoms with van der Waals surface area (Å²) < 4.78 is 16.2. The number of hydrogen-bond acceptors (Lipinski definition) is 5. The molecule has 0 saturated heterocycles. The zero-order valence-electron chi connectivity index (χ0n) is 18.3. The van der Waals surface area contributed by atoms with Gasteiger partial charge in [0.1, 0.15) is 0 Å². The number of halogens is 1. The largest absolute Gasteiger partial charge is 0.493 e. The fraction of sp³-hybridized carbons (Fsp3) is 0.409. The first kappa shape index (κ1) is 26.2. The topological polar surface area (TPSA) is 64.1 Å². The molecule has 0 aliphatic rings. The van der Waals surface area contributed by atoms with E-state index in [-0.39, 0.29) is 24.0 Å². The SMILES string of the molecule is CN=C(NCCSCc1ccc(C)cc1)NCc1cc(OC)c(OC)c(OC)c1.I. The maximum atomic E-state index is 5.41. The monoisotopic (exact) mass is 545 g/mol. The van der Waals surface area contributed by atoms with Crippen molar-refractivity contribution in [2.45, 2.75) is 19.2 Å². The molecule has 0 atom stereocenters. The Labute approximate surface area is 201 Å². The van der Waals surface area contributed by atoms with E-state index in [1.54, 1.807) is 28.4 Å². The average molecular weight is 545 g/mol. The summed E-state index contributed by atoms with van der Waals surface area (Å²) in [4.78, 5) is 4.29. The van der Waals surface area contributed by atoms with Crippen LogP contribution in [0.5, 0.6) is 17.2 Å². The number of ether oxygens (including phenoxy) is 3. The lowest BCUT2D eigenvalue weighted by Crippen LogP contribution is -2.37. The third-order valence-electron chi connectivity index (χ3n) is 4.34. The van der Waals surface area contributed by atoms with Gasteiger partial charge in [0.15, 0.2) is 17.5 Å². The molecule has 0 bridgehead atoms. The molecule has 0 unspecified atom stereocenters. The summed E-state index contributed by atoms with van der Waals surface area (Å²) >= 11 is 1.90. The predicted octanol–water partition coefficient (Wildman–Crippen LogP) is 4.24. The van der Waals surface area contributed by atoms with Crippen LogP contribution in [0.15, 0.2) is 41.4 Å². The van der Waals surface area contributed by atoms with Crippen molar-refractivity contribution in [3.63, 3.8) is 0 Å². The van der Waals surface area contributed by atoms with Crippen molar-refractivity contribution in [2.24, 2.45) is 4.99 Å². The molecule has 2 aromatic carbocycles. The highest BCUT2D eigenvalue weighted by molar-refractivity contribution is 14.0. The normalized spacial score (nSPS) is 10.8. The molecule has 30 heavy (non-hydrogen) atoms. The Balaban J connectivity index is 0.00000450. The predicted molar refractivity (Wildman–Crippen MR) is 137 cm³/mol. The summed E-state index contributed by atoms with van der Waals surface area (Å²) in [7, 11) is 6.59. The van der Waals surface area contributed by atoms with Gasteiger partial charge in [-0.1, -0.05) is 29.8 Å². The van der Waals surface area contributed by atoms with Crippen molar-refractivity contribution in [3.05, 3.63) is 53.1 Å². The summed E-state index contributed by atoms with van der Waals surface area (Å²) in [5, 5.41) is 6.66. The smallest absolute Gasteiger partial charge is 0.203 e. The maximum absolute atomic E-state index is 5.41. The number of nitrogens with zero attached hydrogens (tertiary/aromatic N) is 1. The summed E-state index contributed by atoms with van der Waals surface area (Å²) in [6, 6.07) is 12.5. The molecule has 8 heteroatoms. The minimum Gasteiger partial charge on any atom is -0.493 e. The van der Waals surface area contributed by atoms with Crippen LogP contribution in [0.3, 0.4) is 0 Å². The van der Waals surface area contributed by atoms with Crippen LogP contribution in [0.1, 0.15) is 16.7 Å². The van der Waals surface area contributed by atoms with Gasteiger partial charge < -0.3 is 24.8 Å². The molecule has 166 valence electrons. The molecular formula is C22H32IN3O3S. The van der Waals surface area contributed by atoms with Crippen LogP contribution in [0.4, 0.5) is 0 Å². The molecule has 2 N–H and O–H groups in total. The van der Waals surface area contributed by atoms with E-state index in [0.29, 0.717) is 23.8 Å². The Morgan fingerprint density at radius 1 is 0.933 bits per heavy atom. The number of methoxy groups -OCH3 is 3. The lowest BCUT2D eigenvalue weighted by molar-refractivity contribution is 0.323. The number of hydrogen-bond donors (Lipinski definition) is 2. The van der Waals surface area contributed by atoms with E-state index in [9.17, 15) is 0 Å². The molecule has 0 aromatic heterocycles. The van der Waals surface area contributed by atoms with Crippen LogP contribution < -0.4 is 24.8 Å². The van der Waals surface area contributed by atoms with E-state index >= 15 is 0 Å². The summed E-state index contributed by atoms with van der Waals surface area (Å²) in [6.07, 6.45) is 0. The van der Waals surface area contributed by atoms with Gasteiger partial charge in [-0.3, -0.25) is 4.99 Å². The number of rotatable bonds is 10. The number of thioether (sulfide) groups is 1. The van der Waals surface area contributed by atoms with E-state index in [4.69, 9.17) is 14.2 Å². The van der Waals surface area contributed by atoms with Gasteiger partial charge in [0.05, 0.1) is 21.3 Å². The highest BCUT2D eigenvalue weighted by Gasteiger charge is 2.13. The minimum absolute atomic E-state index is 0. The summed E-state index contributed by atoms with van der Waals surface area (Å²) in [6.45, 7) is 3.54. The average Bonchev–Trinajstić information content (AvgIpc) is 2.75. The first-order valence-electron chi connectivity index (χ1n) is 9.48. The summed E-state index contributed by atoms with van der Waals surface area (Å²) in [5.74, 6) is 4.64. The number of nitrogens with one attached hydrogen (secondary N) is 2. The lowest BCUT2D eigenvalue weighted by atomic mass is 10.2. The highest BCUT2D eigenvalue weighted by Crippen LogP contribution is 2.38. The fourth-order valence-electron chi connectivity index (χ4n) is 2.76. The quantitative estimate of drug-likeness (QED) is 0.202. The van der Waals surface area contributed by atoms with Crippen LogP contribution in [-0.2, 0) is 12.3 Å². The van der Waals surface area contributed by atoms with Crippen LogP contribution in [0, 0.1) is 6.92 Å². The van der Waals surface area contributed by atoms with Gasteiger partial charge >= 0.3 is 0 Å². The zero-order chi connectivity index (χ0) is 21.1. The fourth-order valence-corrected chi connectivity index (χ4v) is 3.58. The van der Waals surface area contributed by atoms with Gasteiger partial charge in [-0.25, -0.2) is 0 Å². The number of guanidine groups is 1. The number of benzene rings is 2. The van der Waals surface area contributed by atoms with Crippen molar-refractivity contribution in [3.8, 4) is 17.2 Å². The first-order chi connectivity index (χ1) is 14.1. The van der Waals surface area contributed by atoms with Gasteiger partial charge in [-0.2, -0.15) is 11.8 Å². The highest BCUT2D eigenvalue weighted by atomic mass is 127. The third kappa shape index (κ3) is 8.14. The second kappa shape index (κ2) is 14.2. The molecule has 0 radical (unpaired) electrons. The Bertz CT molecular complexity index is 776. The molecule has 0 fully saturated rings. The number of aryl methyl sites for hydroxylation is 1. The molecular weight excluding hydrogens is 513 g/mol.